The van der Waals surface area contributed by atoms with E-state index in [4.69, 9.17) is 0 Å². The van der Waals surface area contributed by atoms with E-state index >= 15 is 0 Å². The highest BCUT2D eigenvalue weighted by atomic mass is 16.2. The van der Waals surface area contributed by atoms with Gasteiger partial charge in [0.1, 0.15) is 0 Å². The van der Waals surface area contributed by atoms with Gasteiger partial charge in [0.05, 0.1) is 12.1 Å². The third kappa shape index (κ3) is 4.21. The molecule has 1 amide bonds. The van der Waals surface area contributed by atoms with E-state index in [1.165, 1.54) is 0 Å². The Morgan fingerprint density at radius 3 is 2.16 bits per heavy atom. The number of carbonyl (C=O) groups excluding carboxylic acids is 1. The molecule has 1 saturated heterocycles. The van der Waals surface area contributed by atoms with Crippen molar-refractivity contribution < 1.29 is 4.79 Å². The highest BCUT2D eigenvalue weighted by molar-refractivity contribution is 5.78. The standard InChI is InChI=1S/C15H27N3O/c1-4-7-14(12-16)17-8-10-18(11-9-17)15(19)13(5-2)6-3/h13-14H,4-11H2,1-3H3. The molecule has 1 fully saturated rings. The first-order valence-corrected chi connectivity index (χ1v) is 7.60. The van der Waals surface area contributed by atoms with Crippen molar-refractivity contribution in [3.05, 3.63) is 0 Å². The molecule has 0 spiro atoms. The van der Waals surface area contributed by atoms with Crippen LogP contribution >= 0.6 is 0 Å². The Morgan fingerprint density at radius 2 is 1.74 bits per heavy atom. The first-order valence-electron chi connectivity index (χ1n) is 7.60. The molecular weight excluding hydrogens is 238 g/mol. The Balaban J connectivity index is 2.48. The lowest BCUT2D eigenvalue weighted by molar-refractivity contribution is -0.137. The summed E-state index contributed by atoms with van der Waals surface area (Å²) >= 11 is 0. The molecule has 1 atom stereocenters. The number of piperazine rings is 1. The molecular formula is C15H27N3O. The molecule has 0 radical (unpaired) electrons. The van der Waals surface area contributed by atoms with Crippen molar-refractivity contribution >= 4 is 5.91 Å². The van der Waals surface area contributed by atoms with Gasteiger partial charge >= 0.3 is 0 Å². The quantitative estimate of drug-likeness (QED) is 0.740. The first-order chi connectivity index (χ1) is 9.17. The molecule has 1 unspecified atom stereocenters. The molecule has 0 bridgehead atoms. The van der Waals surface area contributed by atoms with Crippen LogP contribution in [0.25, 0.3) is 0 Å². The maximum Gasteiger partial charge on any atom is 0.225 e. The third-order valence-corrected chi connectivity index (χ3v) is 4.11. The van der Waals surface area contributed by atoms with E-state index in [9.17, 15) is 10.1 Å². The smallest absolute Gasteiger partial charge is 0.225 e. The number of rotatable bonds is 6. The molecule has 0 aliphatic carbocycles. The topological polar surface area (TPSA) is 47.3 Å². The predicted octanol–water partition coefficient (Wildman–Crippen LogP) is 2.26. The number of carbonyl (C=O) groups is 1. The van der Waals surface area contributed by atoms with Gasteiger partial charge in [0.15, 0.2) is 0 Å². The fraction of sp³-hybridized carbons (Fsp3) is 0.867. The monoisotopic (exact) mass is 265 g/mol. The van der Waals surface area contributed by atoms with Crippen molar-refractivity contribution in [2.75, 3.05) is 26.2 Å². The minimum absolute atomic E-state index is 0.0235. The lowest BCUT2D eigenvalue weighted by Crippen LogP contribution is -2.52. The zero-order valence-corrected chi connectivity index (χ0v) is 12.6. The Labute approximate surface area is 117 Å². The molecule has 1 aliphatic heterocycles. The van der Waals surface area contributed by atoms with Crippen LogP contribution < -0.4 is 0 Å². The molecule has 1 aliphatic rings. The summed E-state index contributed by atoms with van der Waals surface area (Å²) in [6.45, 7) is 9.49. The van der Waals surface area contributed by atoms with Gasteiger partial charge in [0.25, 0.3) is 0 Å². The van der Waals surface area contributed by atoms with Crippen LogP contribution in [0.1, 0.15) is 46.5 Å². The molecule has 4 nitrogen and oxygen atoms in total. The van der Waals surface area contributed by atoms with Crippen molar-refractivity contribution in [1.82, 2.24) is 9.80 Å². The Kier molecular flexibility index (Phi) is 6.86. The Bertz CT molecular complexity index is 312. The number of hydrogen-bond acceptors (Lipinski definition) is 3. The summed E-state index contributed by atoms with van der Waals surface area (Å²) in [5, 5.41) is 9.18. The van der Waals surface area contributed by atoms with Gasteiger partial charge in [-0.05, 0) is 19.3 Å². The summed E-state index contributed by atoms with van der Waals surface area (Å²) in [6, 6.07) is 2.41. The SMILES string of the molecule is CCCC(C#N)N1CCN(C(=O)C(CC)CC)CC1. The molecule has 1 heterocycles. The number of nitrogens with zero attached hydrogens (tertiary/aromatic N) is 3. The van der Waals surface area contributed by atoms with Crippen LogP contribution in [-0.2, 0) is 4.79 Å². The van der Waals surface area contributed by atoms with Gasteiger partial charge in [0, 0.05) is 32.1 Å². The van der Waals surface area contributed by atoms with Crippen LogP contribution in [0, 0.1) is 17.2 Å². The molecule has 19 heavy (non-hydrogen) atoms. The van der Waals surface area contributed by atoms with Gasteiger partial charge < -0.3 is 4.90 Å². The normalized spacial score (nSPS) is 18.4. The molecule has 0 aromatic heterocycles. The predicted molar refractivity (Wildman–Crippen MR) is 76.5 cm³/mol. The van der Waals surface area contributed by atoms with Crippen molar-refractivity contribution in [2.45, 2.75) is 52.5 Å². The first kappa shape index (κ1) is 16.0. The summed E-state index contributed by atoms with van der Waals surface area (Å²) in [6.07, 6.45) is 3.81. The van der Waals surface area contributed by atoms with Crippen LogP contribution in [0.15, 0.2) is 0 Å². The van der Waals surface area contributed by atoms with Crippen molar-refractivity contribution in [1.29, 1.82) is 5.26 Å². The summed E-state index contributed by atoms with van der Waals surface area (Å²) in [5.74, 6) is 0.475. The van der Waals surface area contributed by atoms with E-state index in [2.05, 4.69) is 31.7 Å². The summed E-state index contributed by atoms with van der Waals surface area (Å²) in [4.78, 5) is 16.5. The Hall–Kier alpha value is -1.08. The van der Waals surface area contributed by atoms with Crippen LogP contribution in [0.4, 0.5) is 0 Å². The van der Waals surface area contributed by atoms with Gasteiger partial charge in [-0.1, -0.05) is 27.2 Å². The minimum Gasteiger partial charge on any atom is -0.340 e. The van der Waals surface area contributed by atoms with Gasteiger partial charge in [-0.2, -0.15) is 5.26 Å². The van der Waals surface area contributed by atoms with E-state index in [1.807, 2.05) is 4.90 Å². The Morgan fingerprint density at radius 1 is 1.16 bits per heavy atom. The summed E-state index contributed by atoms with van der Waals surface area (Å²) < 4.78 is 0. The largest absolute Gasteiger partial charge is 0.340 e. The van der Waals surface area contributed by atoms with E-state index in [0.717, 1.165) is 51.9 Å². The third-order valence-electron chi connectivity index (χ3n) is 4.11. The zero-order valence-electron chi connectivity index (χ0n) is 12.6. The van der Waals surface area contributed by atoms with Gasteiger partial charge in [-0.3, -0.25) is 9.69 Å². The second kappa shape index (κ2) is 8.16. The second-order valence-corrected chi connectivity index (χ2v) is 5.31. The molecule has 0 N–H and O–H groups in total. The molecule has 0 aromatic rings. The summed E-state index contributed by atoms with van der Waals surface area (Å²) in [7, 11) is 0. The fourth-order valence-electron chi connectivity index (χ4n) is 2.75. The van der Waals surface area contributed by atoms with E-state index in [0.29, 0.717) is 5.91 Å². The van der Waals surface area contributed by atoms with E-state index in [-0.39, 0.29) is 12.0 Å². The minimum atomic E-state index is 0.0235. The molecule has 4 heteroatoms. The number of hydrogen-bond donors (Lipinski definition) is 0. The lowest BCUT2D eigenvalue weighted by Gasteiger charge is -2.38. The highest BCUT2D eigenvalue weighted by Crippen LogP contribution is 2.16. The summed E-state index contributed by atoms with van der Waals surface area (Å²) in [5.41, 5.74) is 0. The van der Waals surface area contributed by atoms with Crippen molar-refractivity contribution in [3.63, 3.8) is 0 Å². The van der Waals surface area contributed by atoms with Crippen LogP contribution in [0.5, 0.6) is 0 Å². The molecule has 1 rings (SSSR count). The van der Waals surface area contributed by atoms with Crippen LogP contribution in [0.3, 0.4) is 0 Å². The van der Waals surface area contributed by atoms with E-state index < -0.39 is 0 Å². The maximum atomic E-state index is 12.3. The van der Waals surface area contributed by atoms with Crippen molar-refractivity contribution in [2.24, 2.45) is 5.92 Å². The van der Waals surface area contributed by atoms with Gasteiger partial charge in [-0.15, -0.1) is 0 Å². The van der Waals surface area contributed by atoms with Crippen LogP contribution in [0.2, 0.25) is 0 Å². The zero-order chi connectivity index (χ0) is 14.3. The maximum absolute atomic E-state index is 12.3. The fourth-order valence-corrected chi connectivity index (χ4v) is 2.75. The highest BCUT2D eigenvalue weighted by Gasteiger charge is 2.28. The molecule has 0 saturated carbocycles. The average Bonchev–Trinajstić information content (AvgIpc) is 2.46. The van der Waals surface area contributed by atoms with Crippen molar-refractivity contribution in [3.8, 4) is 6.07 Å². The van der Waals surface area contributed by atoms with Crippen LogP contribution in [-0.4, -0.2) is 47.9 Å². The second-order valence-electron chi connectivity index (χ2n) is 5.31. The number of amides is 1. The average molecular weight is 265 g/mol. The van der Waals surface area contributed by atoms with Gasteiger partial charge in [-0.25, -0.2) is 0 Å². The lowest BCUT2D eigenvalue weighted by atomic mass is 10.0. The number of nitriles is 1. The molecule has 0 aromatic carbocycles. The molecule has 108 valence electrons. The van der Waals surface area contributed by atoms with E-state index in [1.54, 1.807) is 0 Å². The van der Waals surface area contributed by atoms with Gasteiger partial charge in [0.2, 0.25) is 5.91 Å².